The topological polar surface area (TPSA) is 87.8 Å². The molecule has 6 nitrogen and oxygen atoms in total. The number of rotatable bonds is 7. The van der Waals surface area contributed by atoms with Crippen LogP contribution in [0.5, 0.6) is 0 Å². The summed E-state index contributed by atoms with van der Waals surface area (Å²) in [6, 6.07) is 12.8. The molecule has 0 saturated heterocycles. The van der Waals surface area contributed by atoms with Gasteiger partial charge in [-0.3, -0.25) is 9.93 Å². The number of nitrogens with zero attached hydrogens (tertiary/aromatic N) is 2. The number of benzene rings is 2. The van der Waals surface area contributed by atoms with Gasteiger partial charge in [-0.1, -0.05) is 35.9 Å². The number of hydrogen-bond acceptors (Lipinski definition) is 5. The molecular weight excluding hydrogens is 452 g/mol. The highest BCUT2D eigenvalue weighted by molar-refractivity contribution is 7.95. The standard InChI is InChI=1S/C22H23ClN4O2S2/c1-15-6-11-20(22(28)27(2)14-16-7-9-17(23)10-8-16)21(12-15)26-31(29)19-5-3-4-18(13-19)25-30-24/h3-12,26H,13-14,24H2,1-2H3/b25-18-. The monoisotopic (exact) mass is 474 g/mol. The van der Waals surface area contributed by atoms with Gasteiger partial charge in [-0.15, -0.1) is 0 Å². The fourth-order valence-electron chi connectivity index (χ4n) is 3.06. The summed E-state index contributed by atoms with van der Waals surface area (Å²) >= 11 is 6.81. The first-order chi connectivity index (χ1) is 14.9. The quantitative estimate of drug-likeness (QED) is 0.564. The van der Waals surface area contributed by atoms with Crippen molar-refractivity contribution >= 4 is 52.0 Å². The summed E-state index contributed by atoms with van der Waals surface area (Å²) in [7, 11) is 0.208. The third kappa shape index (κ3) is 6.30. The summed E-state index contributed by atoms with van der Waals surface area (Å²) in [4.78, 5) is 15.4. The predicted octanol–water partition coefficient (Wildman–Crippen LogP) is 4.80. The molecule has 0 heterocycles. The van der Waals surface area contributed by atoms with Crippen LogP contribution >= 0.6 is 23.7 Å². The number of nitrogens with one attached hydrogen (secondary N) is 1. The average molecular weight is 475 g/mol. The van der Waals surface area contributed by atoms with Crippen LogP contribution in [0.15, 0.2) is 70.0 Å². The summed E-state index contributed by atoms with van der Waals surface area (Å²) in [5.41, 5.74) is 3.63. The Morgan fingerprint density at radius 3 is 2.74 bits per heavy atom. The molecule has 1 aliphatic carbocycles. The fraction of sp³-hybridized carbons (Fsp3) is 0.182. The molecule has 162 valence electrons. The molecule has 31 heavy (non-hydrogen) atoms. The van der Waals surface area contributed by atoms with E-state index in [-0.39, 0.29) is 5.91 Å². The van der Waals surface area contributed by atoms with Crippen molar-refractivity contribution in [2.75, 3.05) is 11.8 Å². The highest BCUT2D eigenvalue weighted by atomic mass is 35.5. The third-order valence-electron chi connectivity index (χ3n) is 4.62. The second kappa shape index (κ2) is 10.8. The minimum absolute atomic E-state index is 0.172. The Labute approximate surface area is 194 Å². The predicted molar refractivity (Wildman–Crippen MR) is 131 cm³/mol. The van der Waals surface area contributed by atoms with Crippen LogP contribution in [0.4, 0.5) is 5.69 Å². The largest absolute Gasteiger partial charge is 0.337 e. The zero-order valence-electron chi connectivity index (χ0n) is 17.2. The number of hydrogen-bond donors (Lipinski definition) is 2. The highest BCUT2D eigenvalue weighted by Gasteiger charge is 2.19. The van der Waals surface area contributed by atoms with E-state index < -0.39 is 11.0 Å². The van der Waals surface area contributed by atoms with Crippen molar-refractivity contribution in [3.63, 3.8) is 0 Å². The second-order valence-corrected chi connectivity index (χ2v) is 9.16. The van der Waals surface area contributed by atoms with Crippen molar-refractivity contribution in [3.8, 4) is 0 Å². The molecule has 0 aliphatic heterocycles. The Balaban J connectivity index is 1.78. The van der Waals surface area contributed by atoms with Crippen LogP contribution in [-0.2, 0) is 17.5 Å². The number of amides is 1. The van der Waals surface area contributed by atoms with Gasteiger partial charge in [0.05, 0.1) is 29.1 Å². The molecule has 1 aliphatic rings. The first-order valence-corrected chi connectivity index (χ1v) is 11.8. The van der Waals surface area contributed by atoms with E-state index in [1.807, 2.05) is 37.3 Å². The van der Waals surface area contributed by atoms with Gasteiger partial charge in [-0.2, -0.15) is 0 Å². The summed E-state index contributed by atoms with van der Waals surface area (Å²) < 4.78 is 20.1. The number of carbonyl (C=O) groups excluding carboxylic acids is 1. The van der Waals surface area contributed by atoms with Crippen LogP contribution < -0.4 is 9.86 Å². The molecule has 0 spiro atoms. The second-order valence-electron chi connectivity index (χ2n) is 7.06. The number of nitrogens with two attached hydrogens (primary N) is 1. The Morgan fingerprint density at radius 1 is 1.29 bits per heavy atom. The molecule has 3 N–H and O–H groups in total. The lowest BCUT2D eigenvalue weighted by molar-refractivity contribution is 0.0786. The van der Waals surface area contributed by atoms with Crippen LogP contribution in [0.2, 0.25) is 5.02 Å². The summed E-state index contributed by atoms with van der Waals surface area (Å²) in [5, 5.41) is 6.05. The lowest BCUT2D eigenvalue weighted by Crippen LogP contribution is -2.27. The van der Waals surface area contributed by atoms with E-state index in [0.717, 1.165) is 29.0 Å². The minimum Gasteiger partial charge on any atom is -0.337 e. The van der Waals surface area contributed by atoms with Gasteiger partial charge in [0.25, 0.3) is 5.91 Å². The number of aryl methyl sites for hydroxylation is 1. The maximum absolute atomic E-state index is 13.1. The van der Waals surface area contributed by atoms with Gasteiger partial charge >= 0.3 is 0 Å². The molecule has 0 aromatic heterocycles. The number of allylic oxidation sites excluding steroid dienone is 4. The van der Waals surface area contributed by atoms with Crippen molar-refractivity contribution < 1.29 is 9.00 Å². The molecule has 2 aromatic carbocycles. The number of halogens is 1. The molecule has 1 atom stereocenters. The zero-order chi connectivity index (χ0) is 22.4. The van der Waals surface area contributed by atoms with Gasteiger partial charge in [-0.05, 0) is 54.5 Å². The Hall–Kier alpha value is -2.39. The van der Waals surface area contributed by atoms with E-state index >= 15 is 0 Å². The molecule has 0 saturated carbocycles. The van der Waals surface area contributed by atoms with Crippen LogP contribution in [0.25, 0.3) is 0 Å². The SMILES string of the molecule is Cc1ccc(C(=O)N(C)Cc2ccc(Cl)cc2)c(NS(=O)C2=CC=C/C(=N/SN)C2)c1. The van der Waals surface area contributed by atoms with Crippen molar-refractivity contribution in [2.45, 2.75) is 19.9 Å². The van der Waals surface area contributed by atoms with E-state index in [4.69, 9.17) is 16.7 Å². The molecule has 0 radical (unpaired) electrons. The first kappa shape index (κ1) is 23.3. The minimum atomic E-state index is -1.53. The van der Waals surface area contributed by atoms with E-state index in [9.17, 15) is 9.00 Å². The molecule has 2 aromatic rings. The average Bonchev–Trinajstić information content (AvgIpc) is 2.75. The molecule has 1 unspecified atom stereocenters. The fourth-order valence-corrected chi connectivity index (χ4v) is 4.42. The number of carbonyl (C=O) groups is 1. The maximum atomic E-state index is 13.1. The van der Waals surface area contributed by atoms with Gasteiger partial charge < -0.3 is 9.62 Å². The van der Waals surface area contributed by atoms with E-state index in [0.29, 0.717) is 34.1 Å². The van der Waals surface area contributed by atoms with Crippen molar-refractivity contribution in [1.82, 2.24) is 4.90 Å². The Kier molecular flexibility index (Phi) is 8.09. The van der Waals surface area contributed by atoms with Crippen molar-refractivity contribution in [3.05, 3.63) is 87.3 Å². The highest BCUT2D eigenvalue weighted by Crippen LogP contribution is 2.24. The number of anilines is 1. The van der Waals surface area contributed by atoms with E-state index in [1.165, 1.54) is 0 Å². The molecule has 9 heteroatoms. The van der Waals surface area contributed by atoms with Crippen molar-refractivity contribution in [1.29, 1.82) is 0 Å². The van der Waals surface area contributed by atoms with Gasteiger partial charge in [0.2, 0.25) is 0 Å². The molecular formula is C22H23ClN4O2S2. The van der Waals surface area contributed by atoms with E-state index in [2.05, 4.69) is 9.12 Å². The van der Waals surface area contributed by atoms with Gasteiger partial charge in [0.1, 0.15) is 11.0 Å². The molecule has 0 fully saturated rings. The Bertz CT molecular complexity index is 1080. The molecule has 0 bridgehead atoms. The zero-order valence-corrected chi connectivity index (χ0v) is 19.6. The van der Waals surface area contributed by atoms with Crippen LogP contribution in [-0.4, -0.2) is 27.8 Å². The van der Waals surface area contributed by atoms with Crippen LogP contribution in [0, 0.1) is 6.92 Å². The molecule has 3 rings (SSSR count). The normalized spacial score (nSPS) is 15.5. The van der Waals surface area contributed by atoms with Gasteiger partial charge in [0, 0.05) is 29.9 Å². The maximum Gasteiger partial charge on any atom is 0.256 e. The van der Waals surface area contributed by atoms with Crippen molar-refractivity contribution in [2.24, 2.45) is 9.54 Å². The first-order valence-electron chi connectivity index (χ1n) is 9.46. The third-order valence-corrected chi connectivity index (χ3v) is 6.38. The Morgan fingerprint density at radius 2 is 2.03 bits per heavy atom. The summed E-state index contributed by atoms with van der Waals surface area (Å²) in [6.45, 7) is 2.35. The van der Waals surface area contributed by atoms with Gasteiger partial charge in [-0.25, -0.2) is 8.61 Å². The summed E-state index contributed by atoms with van der Waals surface area (Å²) in [6.07, 6.45) is 5.82. The summed E-state index contributed by atoms with van der Waals surface area (Å²) in [5.74, 6) is -0.172. The van der Waals surface area contributed by atoms with Gasteiger partial charge in [0.15, 0.2) is 0 Å². The van der Waals surface area contributed by atoms with E-state index in [1.54, 1.807) is 42.3 Å². The van der Waals surface area contributed by atoms with Crippen LogP contribution in [0.3, 0.4) is 0 Å². The lowest BCUT2D eigenvalue weighted by Gasteiger charge is -2.20. The smallest absolute Gasteiger partial charge is 0.256 e. The molecule has 1 amide bonds. The lowest BCUT2D eigenvalue weighted by atomic mass is 10.1. The van der Waals surface area contributed by atoms with Crippen LogP contribution in [0.1, 0.15) is 27.9 Å².